The SMILES string of the molecule is Cc1ncn(-c2ccc(NC(=O)c3cc4c(cn3)OCCC4)cc2)c1C. The molecule has 2 aromatic heterocycles. The minimum Gasteiger partial charge on any atom is -0.492 e. The van der Waals surface area contributed by atoms with Gasteiger partial charge in [0.25, 0.3) is 5.91 Å². The number of hydrogen-bond acceptors (Lipinski definition) is 4. The molecule has 4 rings (SSSR count). The predicted octanol–water partition coefficient (Wildman–Crippen LogP) is 3.46. The number of carbonyl (C=O) groups is 1. The van der Waals surface area contributed by atoms with E-state index in [9.17, 15) is 4.79 Å². The van der Waals surface area contributed by atoms with E-state index in [-0.39, 0.29) is 5.91 Å². The lowest BCUT2D eigenvalue weighted by Crippen LogP contribution is -2.16. The van der Waals surface area contributed by atoms with Crippen LogP contribution in [0.1, 0.15) is 33.9 Å². The van der Waals surface area contributed by atoms with Crippen LogP contribution in [0.3, 0.4) is 0 Å². The average Bonchev–Trinajstić information content (AvgIpc) is 3.01. The Morgan fingerprint density at radius 2 is 2.00 bits per heavy atom. The summed E-state index contributed by atoms with van der Waals surface area (Å²) in [5.74, 6) is 0.559. The van der Waals surface area contributed by atoms with E-state index in [1.165, 1.54) is 0 Å². The summed E-state index contributed by atoms with van der Waals surface area (Å²) < 4.78 is 7.56. The lowest BCUT2D eigenvalue weighted by molar-refractivity contribution is 0.102. The van der Waals surface area contributed by atoms with Crippen molar-refractivity contribution in [3.05, 3.63) is 65.5 Å². The van der Waals surface area contributed by atoms with Crippen LogP contribution in [-0.2, 0) is 6.42 Å². The maximum Gasteiger partial charge on any atom is 0.274 e. The second-order valence-electron chi connectivity index (χ2n) is 6.42. The molecule has 1 aromatic carbocycles. The number of imidazole rings is 1. The van der Waals surface area contributed by atoms with Gasteiger partial charge in [0.2, 0.25) is 0 Å². The summed E-state index contributed by atoms with van der Waals surface area (Å²) in [5.41, 5.74) is 5.28. The fraction of sp³-hybridized carbons (Fsp3) is 0.250. The van der Waals surface area contributed by atoms with Gasteiger partial charge in [-0.3, -0.25) is 4.79 Å². The highest BCUT2D eigenvalue weighted by molar-refractivity contribution is 6.03. The number of rotatable bonds is 3. The minimum atomic E-state index is -0.222. The highest BCUT2D eigenvalue weighted by Gasteiger charge is 2.15. The van der Waals surface area contributed by atoms with Gasteiger partial charge < -0.3 is 14.6 Å². The minimum absolute atomic E-state index is 0.222. The Balaban J connectivity index is 1.50. The van der Waals surface area contributed by atoms with Crippen LogP contribution >= 0.6 is 0 Å². The summed E-state index contributed by atoms with van der Waals surface area (Å²) in [5, 5.41) is 2.90. The number of hydrogen-bond donors (Lipinski definition) is 1. The third kappa shape index (κ3) is 3.06. The highest BCUT2D eigenvalue weighted by atomic mass is 16.5. The van der Waals surface area contributed by atoms with Gasteiger partial charge in [-0.25, -0.2) is 9.97 Å². The topological polar surface area (TPSA) is 69.0 Å². The summed E-state index contributed by atoms with van der Waals surface area (Å²) >= 11 is 0. The second-order valence-corrected chi connectivity index (χ2v) is 6.42. The van der Waals surface area contributed by atoms with Gasteiger partial charge in [0.05, 0.1) is 24.8 Å². The Labute approximate surface area is 151 Å². The van der Waals surface area contributed by atoms with Crippen molar-refractivity contribution in [1.29, 1.82) is 0 Å². The van der Waals surface area contributed by atoms with Crippen molar-refractivity contribution in [1.82, 2.24) is 14.5 Å². The van der Waals surface area contributed by atoms with Crippen LogP contribution in [0.4, 0.5) is 5.69 Å². The first-order valence-corrected chi connectivity index (χ1v) is 8.66. The normalized spacial score (nSPS) is 13.0. The van der Waals surface area contributed by atoms with E-state index in [2.05, 4.69) is 15.3 Å². The third-order valence-electron chi connectivity index (χ3n) is 4.68. The first kappa shape index (κ1) is 16.3. The molecule has 132 valence electrons. The van der Waals surface area contributed by atoms with Gasteiger partial charge in [-0.2, -0.15) is 0 Å². The van der Waals surface area contributed by atoms with Crippen LogP contribution in [-0.4, -0.2) is 27.0 Å². The van der Waals surface area contributed by atoms with Crippen molar-refractivity contribution in [3.63, 3.8) is 0 Å². The molecule has 0 atom stereocenters. The molecule has 0 saturated carbocycles. The summed E-state index contributed by atoms with van der Waals surface area (Å²) in [6.45, 7) is 4.73. The number of pyridine rings is 1. The zero-order chi connectivity index (χ0) is 18.1. The third-order valence-corrected chi connectivity index (χ3v) is 4.68. The predicted molar refractivity (Wildman–Crippen MR) is 99.0 cm³/mol. The van der Waals surface area contributed by atoms with Gasteiger partial charge in [-0.1, -0.05) is 0 Å². The van der Waals surface area contributed by atoms with Crippen molar-refractivity contribution in [2.24, 2.45) is 0 Å². The molecule has 0 saturated heterocycles. The molecule has 1 aliphatic heterocycles. The van der Waals surface area contributed by atoms with E-state index in [1.54, 1.807) is 12.5 Å². The maximum absolute atomic E-state index is 12.5. The number of aryl methyl sites for hydroxylation is 2. The maximum atomic E-state index is 12.5. The number of carbonyl (C=O) groups excluding carboxylic acids is 1. The number of nitrogens with zero attached hydrogens (tertiary/aromatic N) is 3. The quantitative estimate of drug-likeness (QED) is 0.787. The summed E-state index contributed by atoms with van der Waals surface area (Å²) in [7, 11) is 0. The van der Waals surface area contributed by atoms with Gasteiger partial charge >= 0.3 is 0 Å². The summed E-state index contributed by atoms with van der Waals surface area (Å²) in [4.78, 5) is 21.0. The van der Waals surface area contributed by atoms with Crippen LogP contribution in [0, 0.1) is 13.8 Å². The number of amides is 1. The van der Waals surface area contributed by atoms with Crippen LogP contribution in [0.5, 0.6) is 5.75 Å². The Morgan fingerprint density at radius 3 is 2.73 bits per heavy atom. The number of benzene rings is 1. The molecule has 6 heteroatoms. The zero-order valence-electron chi connectivity index (χ0n) is 14.8. The van der Waals surface area contributed by atoms with E-state index < -0.39 is 0 Å². The molecule has 0 fully saturated rings. The van der Waals surface area contributed by atoms with Crippen molar-refractivity contribution in [2.75, 3.05) is 11.9 Å². The van der Waals surface area contributed by atoms with Crippen molar-refractivity contribution >= 4 is 11.6 Å². The second kappa shape index (κ2) is 6.63. The van der Waals surface area contributed by atoms with Gasteiger partial charge in [-0.15, -0.1) is 0 Å². The molecule has 0 radical (unpaired) electrons. The largest absolute Gasteiger partial charge is 0.492 e. The lowest BCUT2D eigenvalue weighted by atomic mass is 10.1. The van der Waals surface area contributed by atoms with Gasteiger partial charge in [0.15, 0.2) is 0 Å². The molecule has 0 unspecified atom stereocenters. The molecule has 26 heavy (non-hydrogen) atoms. The highest BCUT2D eigenvalue weighted by Crippen LogP contribution is 2.24. The Morgan fingerprint density at radius 1 is 1.19 bits per heavy atom. The number of aromatic nitrogens is 3. The van der Waals surface area contributed by atoms with Crippen molar-refractivity contribution in [3.8, 4) is 11.4 Å². The molecule has 1 amide bonds. The Kier molecular flexibility index (Phi) is 4.16. The van der Waals surface area contributed by atoms with Crippen molar-refractivity contribution < 1.29 is 9.53 Å². The number of fused-ring (bicyclic) bond motifs is 1. The molecule has 3 aromatic rings. The van der Waals surface area contributed by atoms with E-state index in [0.717, 1.165) is 46.9 Å². The number of anilines is 1. The molecule has 0 aliphatic carbocycles. The van der Waals surface area contributed by atoms with Gasteiger partial charge in [-0.05, 0) is 62.6 Å². The fourth-order valence-electron chi connectivity index (χ4n) is 3.04. The Hall–Kier alpha value is -3.15. The van der Waals surface area contributed by atoms with Crippen LogP contribution in [0.25, 0.3) is 5.69 Å². The molecular weight excluding hydrogens is 328 g/mol. The summed E-state index contributed by atoms with van der Waals surface area (Å²) in [6, 6.07) is 9.48. The van der Waals surface area contributed by atoms with Crippen LogP contribution in [0.15, 0.2) is 42.9 Å². The average molecular weight is 348 g/mol. The van der Waals surface area contributed by atoms with Crippen molar-refractivity contribution in [2.45, 2.75) is 26.7 Å². The fourth-order valence-corrected chi connectivity index (χ4v) is 3.04. The van der Waals surface area contributed by atoms with E-state index in [4.69, 9.17) is 4.74 Å². The standard InChI is InChI=1S/C20H20N4O2/c1-13-14(2)24(12-22-13)17-7-5-16(6-8-17)23-20(25)18-10-15-4-3-9-26-19(15)11-21-18/h5-8,10-12H,3-4,9H2,1-2H3,(H,23,25). The van der Waals surface area contributed by atoms with Crippen LogP contribution in [0.2, 0.25) is 0 Å². The smallest absolute Gasteiger partial charge is 0.274 e. The summed E-state index contributed by atoms with van der Waals surface area (Å²) in [6.07, 6.45) is 5.32. The lowest BCUT2D eigenvalue weighted by Gasteiger charge is -2.17. The zero-order valence-corrected chi connectivity index (χ0v) is 14.8. The van der Waals surface area contributed by atoms with Gasteiger partial charge in [0, 0.05) is 17.1 Å². The van der Waals surface area contributed by atoms with E-state index >= 15 is 0 Å². The molecule has 0 bridgehead atoms. The molecule has 0 spiro atoms. The first-order valence-electron chi connectivity index (χ1n) is 8.66. The van der Waals surface area contributed by atoms with E-state index in [1.807, 2.05) is 48.7 Å². The van der Waals surface area contributed by atoms with Crippen LogP contribution < -0.4 is 10.1 Å². The number of ether oxygens (including phenoxy) is 1. The van der Waals surface area contributed by atoms with Gasteiger partial charge in [0.1, 0.15) is 11.4 Å². The Bertz CT molecular complexity index is 960. The molecule has 1 N–H and O–H groups in total. The number of nitrogens with one attached hydrogen (secondary N) is 1. The monoisotopic (exact) mass is 348 g/mol. The molecule has 1 aliphatic rings. The molecule has 6 nitrogen and oxygen atoms in total. The molecule has 3 heterocycles. The first-order chi connectivity index (χ1) is 12.6. The molecular formula is C20H20N4O2. The van der Waals surface area contributed by atoms with E-state index in [0.29, 0.717) is 12.3 Å².